The minimum atomic E-state index is -0.576. The lowest BCUT2D eigenvalue weighted by molar-refractivity contribution is 0.0935. The number of rotatable bonds is 5. The molecule has 1 aromatic carbocycles. The van der Waals surface area contributed by atoms with E-state index >= 15 is 0 Å². The molecule has 0 saturated heterocycles. The van der Waals surface area contributed by atoms with Gasteiger partial charge in [-0.25, -0.2) is 9.37 Å². The Balaban J connectivity index is 1.92. The number of hydrogen-bond donors (Lipinski definition) is 1. The molecule has 0 radical (unpaired) electrons. The SMILES string of the molecule is CC(C)n1ccc(C(=O)N[C@@H](c2cccc(F)c2)c2nccn2C)n1. The van der Waals surface area contributed by atoms with Gasteiger partial charge in [0.15, 0.2) is 0 Å². The van der Waals surface area contributed by atoms with Crippen molar-refractivity contribution in [3.63, 3.8) is 0 Å². The fourth-order valence-electron chi connectivity index (χ4n) is 2.59. The van der Waals surface area contributed by atoms with Crippen molar-refractivity contribution in [1.29, 1.82) is 0 Å². The van der Waals surface area contributed by atoms with Crippen LogP contribution in [0, 0.1) is 5.82 Å². The van der Waals surface area contributed by atoms with E-state index in [1.807, 2.05) is 20.9 Å². The standard InChI is InChI=1S/C18H20FN5O/c1-12(2)24-9-7-15(22-24)18(25)21-16(17-20-8-10-23(17)3)13-5-4-6-14(19)11-13/h4-12,16H,1-3H3,(H,21,25)/t16-/m0/s1. The Kier molecular flexibility index (Phi) is 4.65. The van der Waals surface area contributed by atoms with E-state index in [0.29, 0.717) is 17.1 Å². The molecule has 0 aliphatic carbocycles. The van der Waals surface area contributed by atoms with Gasteiger partial charge in [-0.2, -0.15) is 5.10 Å². The molecule has 25 heavy (non-hydrogen) atoms. The fraction of sp³-hybridized carbons (Fsp3) is 0.278. The van der Waals surface area contributed by atoms with E-state index in [2.05, 4.69) is 15.4 Å². The quantitative estimate of drug-likeness (QED) is 0.776. The summed E-state index contributed by atoms with van der Waals surface area (Å²) < 4.78 is 17.2. The van der Waals surface area contributed by atoms with Gasteiger partial charge in [-0.05, 0) is 37.6 Å². The van der Waals surface area contributed by atoms with E-state index < -0.39 is 6.04 Å². The van der Waals surface area contributed by atoms with E-state index in [4.69, 9.17) is 0 Å². The highest BCUT2D eigenvalue weighted by atomic mass is 19.1. The summed E-state index contributed by atoms with van der Waals surface area (Å²) in [7, 11) is 1.83. The van der Waals surface area contributed by atoms with Crippen LogP contribution >= 0.6 is 0 Å². The molecule has 2 heterocycles. The third-order valence-electron chi connectivity index (χ3n) is 3.94. The van der Waals surface area contributed by atoms with Gasteiger partial charge < -0.3 is 9.88 Å². The smallest absolute Gasteiger partial charge is 0.272 e. The highest BCUT2D eigenvalue weighted by Crippen LogP contribution is 2.21. The molecule has 3 aromatic rings. The van der Waals surface area contributed by atoms with Gasteiger partial charge in [-0.15, -0.1) is 0 Å². The number of nitrogens with zero attached hydrogens (tertiary/aromatic N) is 4. The monoisotopic (exact) mass is 341 g/mol. The third-order valence-corrected chi connectivity index (χ3v) is 3.94. The average molecular weight is 341 g/mol. The molecule has 0 aliphatic heterocycles. The van der Waals surface area contributed by atoms with Crippen molar-refractivity contribution < 1.29 is 9.18 Å². The Morgan fingerprint density at radius 2 is 2.04 bits per heavy atom. The maximum absolute atomic E-state index is 13.7. The van der Waals surface area contributed by atoms with E-state index in [9.17, 15) is 9.18 Å². The predicted molar refractivity (Wildman–Crippen MR) is 91.5 cm³/mol. The second kappa shape index (κ2) is 6.88. The van der Waals surface area contributed by atoms with Crippen LogP contribution in [0.4, 0.5) is 4.39 Å². The topological polar surface area (TPSA) is 64.7 Å². The van der Waals surface area contributed by atoms with Crippen LogP contribution in [0.2, 0.25) is 0 Å². The molecule has 0 bridgehead atoms. The molecular formula is C18H20FN5O. The number of halogens is 1. The number of carbonyl (C=O) groups is 1. The molecule has 0 aliphatic rings. The predicted octanol–water partition coefficient (Wildman–Crippen LogP) is 2.86. The molecule has 0 unspecified atom stereocenters. The van der Waals surface area contributed by atoms with Crippen molar-refractivity contribution in [3.8, 4) is 0 Å². The van der Waals surface area contributed by atoms with Crippen molar-refractivity contribution in [1.82, 2.24) is 24.6 Å². The van der Waals surface area contributed by atoms with Crippen LogP contribution < -0.4 is 5.32 Å². The summed E-state index contributed by atoms with van der Waals surface area (Å²) in [5.41, 5.74) is 0.926. The summed E-state index contributed by atoms with van der Waals surface area (Å²) in [5, 5.41) is 7.19. The second-order valence-electron chi connectivity index (χ2n) is 6.13. The number of amides is 1. The van der Waals surface area contributed by atoms with Gasteiger partial charge in [0.2, 0.25) is 0 Å². The first-order valence-electron chi connectivity index (χ1n) is 8.04. The highest BCUT2D eigenvalue weighted by Gasteiger charge is 2.23. The maximum Gasteiger partial charge on any atom is 0.272 e. The Morgan fingerprint density at radius 3 is 2.64 bits per heavy atom. The van der Waals surface area contributed by atoms with Crippen LogP contribution in [0.1, 0.15) is 47.8 Å². The minimum Gasteiger partial charge on any atom is -0.337 e. The first-order chi connectivity index (χ1) is 12.0. The lowest BCUT2D eigenvalue weighted by Crippen LogP contribution is -2.31. The Morgan fingerprint density at radius 1 is 1.24 bits per heavy atom. The third kappa shape index (κ3) is 3.60. The number of aryl methyl sites for hydroxylation is 1. The van der Waals surface area contributed by atoms with Crippen molar-refractivity contribution in [2.45, 2.75) is 25.9 Å². The molecule has 130 valence electrons. The average Bonchev–Trinajstić information content (AvgIpc) is 3.21. The van der Waals surface area contributed by atoms with Gasteiger partial charge in [-0.1, -0.05) is 12.1 Å². The zero-order valence-electron chi connectivity index (χ0n) is 14.3. The van der Waals surface area contributed by atoms with Gasteiger partial charge >= 0.3 is 0 Å². The summed E-state index contributed by atoms with van der Waals surface area (Å²) in [5.74, 6) is -0.0889. The number of benzene rings is 1. The number of carbonyl (C=O) groups excluding carboxylic acids is 1. The van der Waals surface area contributed by atoms with E-state index in [1.165, 1.54) is 12.1 Å². The Labute approximate surface area is 145 Å². The first-order valence-corrected chi connectivity index (χ1v) is 8.04. The summed E-state index contributed by atoms with van der Waals surface area (Å²) in [4.78, 5) is 16.9. The van der Waals surface area contributed by atoms with Gasteiger partial charge in [0, 0.05) is 31.7 Å². The van der Waals surface area contributed by atoms with E-state index in [1.54, 1.807) is 46.0 Å². The lowest BCUT2D eigenvalue weighted by atomic mass is 10.1. The molecule has 3 rings (SSSR count). The summed E-state index contributed by atoms with van der Waals surface area (Å²) in [6, 6.07) is 7.38. The zero-order chi connectivity index (χ0) is 18.0. The summed E-state index contributed by atoms with van der Waals surface area (Å²) in [6.07, 6.45) is 5.18. The molecule has 0 saturated carbocycles. The van der Waals surface area contributed by atoms with Gasteiger partial charge in [0.25, 0.3) is 5.91 Å². The van der Waals surface area contributed by atoms with Crippen LogP contribution in [0.3, 0.4) is 0 Å². The Bertz CT molecular complexity index is 883. The van der Waals surface area contributed by atoms with Gasteiger partial charge in [0.05, 0.1) is 0 Å². The molecule has 1 atom stereocenters. The number of imidazole rings is 1. The van der Waals surface area contributed by atoms with Crippen molar-refractivity contribution in [3.05, 3.63) is 71.8 Å². The van der Waals surface area contributed by atoms with Crippen LogP contribution in [-0.4, -0.2) is 25.2 Å². The van der Waals surface area contributed by atoms with Crippen molar-refractivity contribution in [2.75, 3.05) is 0 Å². The van der Waals surface area contributed by atoms with Crippen molar-refractivity contribution in [2.24, 2.45) is 7.05 Å². The van der Waals surface area contributed by atoms with Gasteiger partial charge in [-0.3, -0.25) is 9.48 Å². The first kappa shape index (κ1) is 16.9. The molecule has 1 N–H and O–H groups in total. The molecule has 1 amide bonds. The van der Waals surface area contributed by atoms with E-state index in [0.717, 1.165) is 0 Å². The zero-order valence-corrected chi connectivity index (χ0v) is 14.3. The number of hydrogen-bond acceptors (Lipinski definition) is 3. The van der Waals surface area contributed by atoms with E-state index in [-0.39, 0.29) is 17.8 Å². The molecule has 7 heteroatoms. The summed E-state index contributed by atoms with van der Waals surface area (Å²) in [6.45, 7) is 3.97. The highest BCUT2D eigenvalue weighted by molar-refractivity contribution is 5.92. The maximum atomic E-state index is 13.7. The van der Waals surface area contributed by atoms with Crippen LogP contribution in [0.25, 0.3) is 0 Å². The number of aromatic nitrogens is 4. The fourth-order valence-corrected chi connectivity index (χ4v) is 2.59. The molecule has 0 fully saturated rings. The lowest BCUT2D eigenvalue weighted by Gasteiger charge is -2.18. The van der Waals surface area contributed by atoms with Crippen LogP contribution in [-0.2, 0) is 7.05 Å². The minimum absolute atomic E-state index is 0.162. The van der Waals surface area contributed by atoms with Crippen LogP contribution in [0.15, 0.2) is 48.9 Å². The molecule has 2 aromatic heterocycles. The molecular weight excluding hydrogens is 321 g/mol. The Hall–Kier alpha value is -2.96. The second-order valence-corrected chi connectivity index (χ2v) is 6.13. The normalized spacial score (nSPS) is 12.4. The van der Waals surface area contributed by atoms with Crippen molar-refractivity contribution >= 4 is 5.91 Å². The van der Waals surface area contributed by atoms with Gasteiger partial charge in [0.1, 0.15) is 23.4 Å². The van der Waals surface area contributed by atoms with Crippen LogP contribution in [0.5, 0.6) is 0 Å². The largest absolute Gasteiger partial charge is 0.337 e. The molecule has 6 nitrogen and oxygen atoms in total. The number of nitrogens with one attached hydrogen (secondary N) is 1. The molecule has 0 spiro atoms. The summed E-state index contributed by atoms with van der Waals surface area (Å²) >= 11 is 0.